The summed E-state index contributed by atoms with van der Waals surface area (Å²) in [7, 11) is 0. The third-order valence-corrected chi connectivity index (χ3v) is 2.39. The van der Waals surface area contributed by atoms with Crippen molar-refractivity contribution >= 4 is 12.4 Å². The number of halogens is 1. The van der Waals surface area contributed by atoms with Crippen molar-refractivity contribution in [1.82, 2.24) is 9.97 Å². The average molecular weight is 205 g/mol. The van der Waals surface area contributed by atoms with Crippen LogP contribution in [0.1, 0.15) is 11.3 Å². The van der Waals surface area contributed by atoms with E-state index in [4.69, 9.17) is 0 Å². The van der Waals surface area contributed by atoms with Crippen LogP contribution in [0.25, 0.3) is 11.3 Å². The van der Waals surface area contributed by atoms with E-state index in [2.05, 4.69) is 22.1 Å². The predicted octanol–water partition coefficient (Wildman–Crippen LogP) is 2.47. The van der Waals surface area contributed by atoms with E-state index in [0.717, 1.165) is 17.8 Å². The van der Waals surface area contributed by atoms with E-state index in [-0.39, 0.29) is 12.4 Å². The van der Waals surface area contributed by atoms with Crippen LogP contribution in [-0.2, 0) is 6.42 Å². The van der Waals surface area contributed by atoms with Gasteiger partial charge < -0.3 is 0 Å². The monoisotopic (exact) mass is 204 g/mol. The van der Waals surface area contributed by atoms with Gasteiger partial charge in [-0.1, -0.05) is 6.07 Å². The van der Waals surface area contributed by atoms with E-state index in [1.54, 1.807) is 0 Å². The Balaban J connectivity index is 0.000000750. The van der Waals surface area contributed by atoms with Gasteiger partial charge in [0.25, 0.3) is 0 Å². The fourth-order valence-corrected chi connectivity index (χ4v) is 1.80. The van der Waals surface area contributed by atoms with Gasteiger partial charge in [-0.2, -0.15) is 0 Å². The van der Waals surface area contributed by atoms with Crippen LogP contribution in [0, 0.1) is 0 Å². The molecule has 0 fully saturated rings. The van der Waals surface area contributed by atoms with Crippen LogP contribution in [0.15, 0.2) is 36.7 Å². The van der Waals surface area contributed by atoms with Gasteiger partial charge >= 0.3 is 0 Å². The highest BCUT2D eigenvalue weighted by molar-refractivity contribution is 5.85. The van der Waals surface area contributed by atoms with Crippen LogP contribution in [0.3, 0.4) is 0 Å². The molecule has 2 nitrogen and oxygen atoms in total. The highest BCUT2D eigenvalue weighted by atomic mass is 35.5. The van der Waals surface area contributed by atoms with E-state index in [9.17, 15) is 0 Å². The van der Waals surface area contributed by atoms with E-state index in [0.29, 0.717) is 0 Å². The van der Waals surface area contributed by atoms with Crippen LogP contribution < -0.4 is 0 Å². The molecule has 70 valence electrons. The Morgan fingerprint density at radius 2 is 1.79 bits per heavy atom. The van der Waals surface area contributed by atoms with Crippen molar-refractivity contribution in [3.8, 4) is 11.3 Å². The van der Waals surface area contributed by atoms with Crippen LogP contribution in [0.4, 0.5) is 0 Å². The molecule has 0 unspecified atom stereocenters. The van der Waals surface area contributed by atoms with E-state index in [1.807, 2.05) is 24.5 Å². The first-order valence-electron chi connectivity index (χ1n) is 4.33. The Bertz CT molecular complexity index is 425. The molecule has 0 N–H and O–H groups in total. The standard InChI is InChI=1S/C11H8N2.ClH/c1-3-8-7-10-9(4-2-5-12-10)11(8)13-6-1;/h1-6H,7H2;1H. The Morgan fingerprint density at radius 3 is 2.71 bits per heavy atom. The maximum absolute atomic E-state index is 4.36. The minimum atomic E-state index is 0. The van der Waals surface area contributed by atoms with Crippen molar-refractivity contribution in [3.05, 3.63) is 47.9 Å². The summed E-state index contributed by atoms with van der Waals surface area (Å²) < 4.78 is 0. The predicted molar refractivity (Wildman–Crippen MR) is 57.5 cm³/mol. The third kappa shape index (κ3) is 1.19. The van der Waals surface area contributed by atoms with Crippen molar-refractivity contribution < 1.29 is 0 Å². The number of hydrogen-bond donors (Lipinski definition) is 0. The first-order chi connectivity index (χ1) is 6.45. The first-order valence-corrected chi connectivity index (χ1v) is 4.33. The lowest BCUT2D eigenvalue weighted by Crippen LogP contribution is -1.83. The molecule has 0 saturated carbocycles. The lowest BCUT2D eigenvalue weighted by atomic mass is 10.2. The summed E-state index contributed by atoms with van der Waals surface area (Å²) in [6.07, 6.45) is 4.60. The Labute approximate surface area is 88.4 Å². The molecular formula is C11H9ClN2. The summed E-state index contributed by atoms with van der Waals surface area (Å²) in [6, 6.07) is 8.14. The highest BCUT2D eigenvalue weighted by Gasteiger charge is 2.18. The molecule has 0 saturated heterocycles. The number of hydrogen-bond acceptors (Lipinski definition) is 2. The normalized spacial score (nSPS) is 11.4. The molecule has 0 atom stereocenters. The van der Waals surface area contributed by atoms with Gasteiger partial charge in [0, 0.05) is 24.4 Å². The number of nitrogens with zero attached hydrogens (tertiary/aromatic N) is 2. The smallest absolute Gasteiger partial charge is 0.0756 e. The van der Waals surface area contributed by atoms with Crippen molar-refractivity contribution in [3.63, 3.8) is 0 Å². The largest absolute Gasteiger partial charge is 0.260 e. The van der Waals surface area contributed by atoms with Gasteiger partial charge in [-0.15, -0.1) is 12.4 Å². The quantitative estimate of drug-likeness (QED) is 0.562. The van der Waals surface area contributed by atoms with E-state index >= 15 is 0 Å². The van der Waals surface area contributed by atoms with Crippen LogP contribution in [-0.4, -0.2) is 9.97 Å². The van der Waals surface area contributed by atoms with Crippen molar-refractivity contribution in [2.75, 3.05) is 0 Å². The molecule has 0 aromatic carbocycles. The SMILES string of the molecule is Cl.c1cnc2c(c1)Cc1ncccc1-2. The maximum atomic E-state index is 4.36. The minimum absolute atomic E-state index is 0. The van der Waals surface area contributed by atoms with Gasteiger partial charge in [0.05, 0.1) is 11.4 Å². The summed E-state index contributed by atoms with van der Waals surface area (Å²) in [5, 5.41) is 0. The Kier molecular flexibility index (Phi) is 2.22. The number of aromatic nitrogens is 2. The Hall–Kier alpha value is -1.41. The van der Waals surface area contributed by atoms with Crippen molar-refractivity contribution in [1.29, 1.82) is 0 Å². The van der Waals surface area contributed by atoms with E-state index < -0.39 is 0 Å². The molecule has 0 radical (unpaired) electrons. The zero-order valence-corrected chi connectivity index (χ0v) is 8.29. The number of pyridine rings is 2. The second-order valence-electron chi connectivity index (χ2n) is 3.19. The molecular weight excluding hydrogens is 196 g/mol. The Morgan fingerprint density at radius 1 is 1.00 bits per heavy atom. The maximum Gasteiger partial charge on any atom is 0.0756 e. The molecule has 2 aromatic rings. The third-order valence-electron chi connectivity index (χ3n) is 2.39. The summed E-state index contributed by atoms with van der Waals surface area (Å²) in [5.41, 5.74) is 4.73. The van der Waals surface area contributed by atoms with E-state index in [1.165, 1.54) is 11.1 Å². The fourth-order valence-electron chi connectivity index (χ4n) is 1.80. The molecule has 0 amide bonds. The molecule has 3 heteroatoms. The van der Waals surface area contributed by atoms with Crippen molar-refractivity contribution in [2.45, 2.75) is 6.42 Å². The molecule has 2 heterocycles. The summed E-state index contributed by atoms with van der Waals surface area (Å²) in [6.45, 7) is 0. The van der Waals surface area contributed by atoms with Crippen LogP contribution in [0.5, 0.6) is 0 Å². The second-order valence-corrected chi connectivity index (χ2v) is 3.19. The summed E-state index contributed by atoms with van der Waals surface area (Å²) in [5.74, 6) is 0. The second kappa shape index (κ2) is 3.39. The topological polar surface area (TPSA) is 25.8 Å². The minimum Gasteiger partial charge on any atom is -0.260 e. The van der Waals surface area contributed by atoms with Gasteiger partial charge in [-0.05, 0) is 23.8 Å². The van der Waals surface area contributed by atoms with Crippen LogP contribution >= 0.6 is 12.4 Å². The molecule has 0 spiro atoms. The van der Waals surface area contributed by atoms with Crippen LogP contribution in [0.2, 0.25) is 0 Å². The molecule has 14 heavy (non-hydrogen) atoms. The van der Waals surface area contributed by atoms with Gasteiger partial charge in [0.2, 0.25) is 0 Å². The lowest BCUT2D eigenvalue weighted by Gasteiger charge is -1.96. The molecule has 3 rings (SSSR count). The molecule has 0 bridgehead atoms. The fraction of sp³-hybridized carbons (Fsp3) is 0.0909. The van der Waals surface area contributed by atoms with Gasteiger partial charge in [0.1, 0.15) is 0 Å². The van der Waals surface area contributed by atoms with Gasteiger partial charge in [-0.3, -0.25) is 9.97 Å². The first kappa shape index (κ1) is 9.16. The summed E-state index contributed by atoms with van der Waals surface area (Å²) in [4.78, 5) is 8.69. The zero-order valence-electron chi connectivity index (χ0n) is 7.47. The van der Waals surface area contributed by atoms with Gasteiger partial charge in [-0.25, -0.2) is 0 Å². The summed E-state index contributed by atoms with van der Waals surface area (Å²) >= 11 is 0. The zero-order chi connectivity index (χ0) is 8.67. The average Bonchev–Trinajstić information content (AvgIpc) is 2.56. The molecule has 1 aliphatic carbocycles. The number of rotatable bonds is 0. The molecule has 0 aliphatic heterocycles. The molecule has 1 aliphatic rings. The lowest BCUT2D eigenvalue weighted by molar-refractivity contribution is 1.12. The highest BCUT2D eigenvalue weighted by Crippen LogP contribution is 2.32. The van der Waals surface area contributed by atoms with Crippen molar-refractivity contribution in [2.24, 2.45) is 0 Å². The molecule has 2 aromatic heterocycles. The van der Waals surface area contributed by atoms with Gasteiger partial charge in [0.15, 0.2) is 0 Å². The number of fused-ring (bicyclic) bond motifs is 3.